The van der Waals surface area contributed by atoms with Gasteiger partial charge in [-0.1, -0.05) is 35.3 Å². The van der Waals surface area contributed by atoms with Crippen LogP contribution in [0.25, 0.3) is 22.7 Å². The van der Waals surface area contributed by atoms with Gasteiger partial charge in [0.15, 0.2) is 5.76 Å². The molecule has 0 spiro atoms. The Morgan fingerprint density at radius 2 is 1.68 bits per heavy atom. The molecule has 0 saturated carbocycles. The summed E-state index contributed by atoms with van der Waals surface area (Å²) in [6, 6.07) is 18.1. The number of nitro groups is 1. The molecule has 0 bridgehead atoms. The van der Waals surface area contributed by atoms with Crippen LogP contribution in [0.15, 0.2) is 71.1 Å². The zero-order chi connectivity index (χ0) is 22.0. The van der Waals surface area contributed by atoms with Crippen molar-refractivity contribution < 1.29 is 14.1 Å². The fourth-order valence-electron chi connectivity index (χ4n) is 2.90. The molecule has 0 aliphatic carbocycles. The third-order valence-corrected chi connectivity index (χ3v) is 4.90. The van der Waals surface area contributed by atoms with Gasteiger partial charge in [0.2, 0.25) is 0 Å². The van der Waals surface area contributed by atoms with E-state index in [1.807, 2.05) is 0 Å². The largest absolute Gasteiger partial charge is 0.433 e. The number of carbonyl (C=O) groups is 1. The third-order valence-electron chi connectivity index (χ3n) is 4.40. The second kappa shape index (κ2) is 8.63. The van der Waals surface area contributed by atoms with Gasteiger partial charge in [-0.3, -0.25) is 14.9 Å². The molecule has 4 rings (SSSR count). The van der Waals surface area contributed by atoms with Crippen molar-refractivity contribution >= 4 is 40.7 Å². The van der Waals surface area contributed by atoms with E-state index in [2.05, 4.69) is 10.4 Å². The molecule has 0 unspecified atom stereocenters. The number of nitrogens with one attached hydrogen (secondary N) is 1. The number of anilines is 1. The molecular weight excluding hydrogens is 443 g/mol. The number of hydrogen-bond acceptors (Lipinski definition) is 6. The van der Waals surface area contributed by atoms with Crippen LogP contribution in [0.3, 0.4) is 0 Å². The second-order valence-electron chi connectivity index (χ2n) is 6.48. The summed E-state index contributed by atoms with van der Waals surface area (Å²) in [6.45, 7) is -0.0400. The van der Waals surface area contributed by atoms with E-state index in [9.17, 15) is 14.9 Å². The standard InChI is InChI=1S/C21H14Cl2N4O4/c22-14-3-1-13(2-4-14)18-11-17(19-9-10-21(31-19)27(29)30)25-26(18)20(28)12-24-16-7-5-15(23)6-8-16/h1-11,24H,12H2. The summed E-state index contributed by atoms with van der Waals surface area (Å²) >= 11 is 11.9. The summed E-state index contributed by atoms with van der Waals surface area (Å²) in [5, 5.41) is 19.4. The van der Waals surface area contributed by atoms with Crippen molar-refractivity contribution in [3.8, 4) is 22.7 Å². The van der Waals surface area contributed by atoms with Crippen molar-refractivity contribution in [2.45, 2.75) is 0 Å². The Bertz CT molecular complexity index is 1250. The highest BCUT2D eigenvalue weighted by atomic mass is 35.5. The lowest BCUT2D eigenvalue weighted by molar-refractivity contribution is -0.401. The van der Waals surface area contributed by atoms with Crippen molar-refractivity contribution in [2.24, 2.45) is 0 Å². The van der Waals surface area contributed by atoms with E-state index in [0.29, 0.717) is 21.3 Å². The number of furan rings is 1. The maximum Gasteiger partial charge on any atom is 0.433 e. The van der Waals surface area contributed by atoms with Gasteiger partial charge in [0, 0.05) is 21.3 Å². The number of rotatable bonds is 6. The van der Waals surface area contributed by atoms with Crippen molar-refractivity contribution in [1.29, 1.82) is 0 Å². The van der Waals surface area contributed by atoms with Crippen LogP contribution in [0, 0.1) is 10.1 Å². The summed E-state index contributed by atoms with van der Waals surface area (Å²) in [7, 11) is 0. The molecule has 0 radical (unpaired) electrons. The topological polar surface area (TPSA) is 103 Å². The van der Waals surface area contributed by atoms with E-state index >= 15 is 0 Å². The molecule has 4 aromatic rings. The minimum Gasteiger partial charge on any atom is -0.399 e. The van der Waals surface area contributed by atoms with Crippen LogP contribution in [-0.2, 0) is 0 Å². The van der Waals surface area contributed by atoms with Crippen LogP contribution in [0.2, 0.25) is 10.0 Å². The van der Waals surface area contributed by atoms with Gasteiger partial charge in [-0.25, -0.2) is 0 Å². The Kier molecular flexibility index (Phi) is 5.75. The average Bonchev–Trinajstić information content (AvgIpc) is 3.41. The third kappa shape index (κ3) is 4.60. The number of halogens is 2. The highest BCUT2D eigenvalue weighted by molar-refractivity contribution is 6.30. The van der Waals surface area contributed by atoms with E-state index in [0.717, 1.165) is 5.69 Å². The van der Waals surface area contributed by atoms with Gasteiger partial charge in [-0.15, -0.1) is 0 Å². The monoisotopic (exact) mass is 456 g/mol. The first-order chi connectivity index (χ1) is 14.9. The summed E-state index contributed by atoms with van der Waals surface area (Å²) in [5.74, 6) is -0.570. The van der Waals surface area contributed by atoms with Gasteiger partial charge >= 0.3 is 5.88 Å². The van der Waals surface area contributed by atoms with Crippen LogP contribution >= 0.6 is 23.2 Å². The molecule has 2 aromatic heterocycles. The first-order valence-corrected chi connectivity index (χ1v) is 9.79. The summed E-state index contributed by atoms with van der Waals surface area (Å²) in [6.07, 6.45) is 0. The van der Waals surface area contributed by atoms with Crippen LogP contribution in [0.4, 0.5) is 11.6 Å². The molecule has 0 saturated heterocycles. The number of benzene rings is 2. The minimum atomic E-state index is -0.637. The lowest BCUT2D eigenvalue weighted by atomic mass is 10.1. The average molecular weight is 457 g/mol. The smallest absolute Gasteiger partial charge is 0.399 e. The number of aromatic nitrogens is 2. The van der Waals surface area contributed by atoms with E-state index < -0.39 is 10.8 Å². The van der Waals surface area contributed by atoms with E-state index in [-0.39, 0.29) is 23.9 Å². The summed E-state index contributed by atoms with van der Waals surface area (Å²) < 4.78 is 6.47. The van der Waals surface area contributed by atoms with E-state index in [4.69, 9.17) is 27.6 Å². The fraction of sp³-hybridized carbons (Fsp3) is 0.0476. The Hall–Kier alpha value is -3.62. The maximum absolute atomic E-state index is 13.0. The molecule has 0 aliphatic rings. The molecule has 31 heavy (non-hydrogen) atoms. The number of carbonyl (C=O) groups excluding carboxylic acids is 1. The van der Waals surface area contributed by atoms with Crippen LogP contribution in [0.5, 0.6) is 0 Å². The molecule has 2 aromatic carbocycles. The zero-order valence-corrected chi connectivity index (χ0v) is 17.3. The molecule has 0 fully saturated rings. The lowest BCUT2D eigenvalue weighted by Gasteiger charge is -2.09. The van der Waals surface area contributed by atoms with Crippen LogP contribution in [-0.4, -0.2) is 27.2 Å². The molecule has 0 atom stereocenters. The molecule has 0 aliphatic heterocycles. The quantitative estimate of drug-likeness (QED) is 0.291. The second-order valence-corrected chi connectivity index (χ2v) is 7.36. The highest BCUT2D eigenvalue weighted by Gasteiger charge is 2.20. The van der Waals surface area contributed by atoms with Crippen molar-refractivity contribution in [3.63, 3.8) is 0 Å². The predicted octanol–water partition coefficient (Wildman–Crippen LogP) is 5.78. The van der Waals surface area contributed by atoms with Gasteiger partial charge in [0.25, 0.3) is 5.91 Å². The number of hydrogen-bond donors (Lipinski definition) is 1. The Morgan fingerprint density at radius 1 is 1.03 bits per heavy atom. The molecule has 8 nitrogen and oxygen atoms in total. The van der Waals surface area contributed by atoms with Crippen LogP contribution < -0.4 is 5.32 Å². The normalized spacial score (nSPS) is 10.8. The summed E-state index contributed by atoms with van der Waals surface area (Å²) in [4.78, 5) is 23.2. The van der Waals surface area contributed by atoms with Crippen molar-refractivity contribution in [3.05, 3.63) is 86.9 Å². The maximum atomic E-state index is 13.0. The molecular formula is C21H14Cl2N4O4. The number of nitrogens with zero attached hydrogens (tertiary/aromatic N) is 3. The Morgan fingerprint density at radius 3 is 2.29 bits per heavy atom. The first kappa shape index (κ1) is 20.6. The van der Waals surface area contributed by atoms with Gasteiger partial charge in [-0.2, -0.15) is 9.78 Å². The zero-order valence-electron chi connectivity index (χ0n) is 15.8. The molecule has 10 heteroatoms. The lowest BCUT2D eigenvalue weighted by Crippen LogP contribution is -2.22. The Balaban J connectivity index is 1.67. The SMILES string of the molecule is O=C(CNc1ccc(Cl)cc1)n1nc(-c2ccc([N+](=O)[O-])o2)cc1-c1ccc(Cl)cc1. The van der Waals surface area contributed by atoms with E-state index in [1.165, 1.54) is 16.8 Å². The predicted molar refractivity (Wildman–Crippen MR) is 118 cm³/mol. The van der Waals surface area contributed by atoms with Gasteiger partial charge in [-0.05, 0) is 48.5 Å². The van der Waals surface area contributed by atoms with Gasteiger partial charge < -0.3 is 9.73 Å². The van der Waals surface area contributed by atoms with Crippen LogP contribution in [0.1, 0.15) is 4.79 Å². The minimum absolute atomic E-state index is 0.0400. The van der Waals surface area contributed by atoms with Crippen molar-refractivity contribution in [1.82, 2.24) is 9.78 Å². The highest BCUT2D eigenvalue weighted by Crippen LogP contribution is 2.30. The fourth-order valence-corrected chi connectivity index (χ4v) is 3.15. The van der Waals surface area contributed by atoms with Crippen molar-refractivity contribution in [2.75, 3.05) is 11.9 Å². The molecule has 156 valence electrons. The van der Waals surface area contributed by atoms with Gasteiger partial charge in [0.1, 0.15) is 10.6 Å². The van der Waals surface area contributed by atoms with Gasteiger partial charge in [0.05, 0.1) is 18.3 Å². The van der Waals surface area contributed by atoms with E-state index in [1.54, 1.807) is 54.6 Å². The summed E-state index contributed by atoms with van der Waals surface area (Å²) in [5.41, 5.74) is 2.20. The molecule has 1 N–H and O–H groups in total. The molecule has 2 heterocycles. The Labute approximate surface area is 186 Å². The first-order valence-electron chi connectivity index (χ1n) is 9.04. The molecule has 0 amide bonds.